The first-order chi connectivity index (χ1) is 12.5. The lowest BCUT2D eigenvalue weighted by Crippen LogP contribution is -2.38. The number of rotatable bonds is 4. The Morgan fingerprint density at radius 3 is 2.50 bits per heavy atom. The summed E-state index contributed by atoms with van der Waals surface area (Å²) in [6, 6.07) is 11.3. The number of anilines is 1. The van der Waals surface area contributed by atoms with E-state index in [1.807, 2.05) is 13.0 Å². The zero-order valence-corrected chi connectivity index (χ0v) is 15.0. The van der Waals surface area contributed by atoms with E-state index in [1.54, 1.807) is 24.3 Å². The number of amides is 1. The van der Waals surface area contributed by atoms with Gasteiger partial charge in [-0.2, -0.15) is 0 Å². The van der Waals surface area contributed by atoms with E-state index in [9.17, 15) is 14.0 Å². The van der Waals surface area contributed by atoms with Crippen LogP contribution in [-0.2, 0) is 14.9 Å². The minimum absolute atomic E-state index is 0.161. The topological polar surface area (TPSA) is 55.4 Å². The van der Waals surface area contributed by atoms with Crippen molar-refractivity contribution in [1.29, 1.82) is 0 Å². The highest BCUT2D eigenvalue weighted by atomic mass is 19.1. The molecule has 1 amide bonds. The van der Waals surface area contributed by atoms with Crippen molar-refractivity contribution >= 4 is 17.6 Å². The summed E-state index contributed by atoms with van der Waals surface area (Å²) in [4.78, 5) is 25.0. The predicted molar refractivity (Wildman–Crippen MR) is 97.7 cm³/mol. The highest BCUT2D eigenvalue weighted by Gasteiger charge is 2.43. The Bertz CT molecular complexity index is 841. The molecule has 0 spiro atoms. The lowest BCUT2D eigenvalue weighted by atomic mass is 9.78. The van der Waals surface area contributed by atoms with E-state index in [4.69, 9.17) is 4.74 Å². The van der Waals surface area contributed by atoms with Gasteiger partial charge in [-0.25, -0.2) is 9.18 Å². The van der Waals surface area contributed by atoms with E-state index in [1.165, 1.54) is 19.2 Å². The Morgan fingerprint density at radius 2 is 1.85 bits per heavy atom. The lowest BCUT2D eigenvalue weighted by molar-refractivity contribution is -0.121. The van der Waals surface area contributed by atoms with Crippen molar-refractivity contribution in [3.63, 3.8) is 0 Å². The molecular weight excluding hydrogens is 333 g/mol. The van der Waals surface area contributed by atoms with Crippen molar-refractivity contribution in [1.82, 2.24) is 0 Å². The van der Waals surface area contributed by atoms with Crippen molar-refractivity contribution in [2.45, 2.75) is 38.0 Å². The van der Waals surface area contributed by atoms with Gasteiger partial charge in [-0.1, -0.05) is 31.0 Å². The third-order valence-corrected chi connectivity index (χ3v) is 5.18. The van der Waals surface area contributed by atoms with Gasteiger partial charge in [0.25, 0.3) is 0 Å². The van der Waals surface area contributed by atoms with E-state index in [2.05, 4.69) is 5.32 Å². The van der Waals surface area contributed by atoms with Crippen LogP contribution in [0.25, 0.3) is 0 Å². The van der Waals surface area contributed by atoms with Crippen molar-refractivity contribution in [2.75, 3.05) is 12.4 Å². The minimum Gasteiger partial charge on any atom is -0.465 e. The molecule has 0 saturated heterocycles. The van der Waals surface area contributed by atoms with E-state index in [0.717, 1.165) is 18.4 Å². The second-order valence-corrected chi connectivity index (χ2v) is 6.77. The molecular formula is C21H22FNO3. The number of carbonyl (C=O) groups excluding carboxylic acids is 2. The standard InChI is InChI=1S/C21H22FNO3/c1-14-8-9-15(19(24)26-2)12-18(14)23-20(25)21(10-3-4-11-21)16-6-5-7-17(22)13-16/h5-9,12-13H,3-4,10-11H2,1-2H3,(H,23,25). The highest BCUT2D eigenvalue weighted by Crippen LogP contribution is 2.42. The fraction of sp³-hybridized carbons (Fsp3) is 0.333. The third kappa shape index (κ3) is 3.34. The third-order valence-electron chi connectivity index (χ3n) is 5.18. The van der Waals surface area contributed by atoms with Gasteiger partial charge in [0.2, 0.25) is 5.91 Å². The monoisotopic (exact) mass is 355 g/mol. The SMILES string of the molecule is COC(=O)c1ccc(C)c(NC(=O)C2(c3cccc(F)c3)CCCC2)c1. The number of carbonyl (C=O) groups is 2. The predicted octanol–water partition coefficient (Wildman–Crippen LogP) is 4.37. The molecule has 0 aromatic heterocycles. The molecule has 0 radical (unpaired) electrons. The molecule has 0 bridgehead atoms. The molecule has 4 nitrogen and oxygen atoms in total. The second-order valence-electron chi connectivity index (χ2n) is 6.77. The summed E-state index contributed by atoms with van der Waals surface area (Å²) < 4.78 is 18.5. The summed E-state index contributed by atoms with van der Waals surface area (Å²) in [6.07, 6.45) is 3.20. The summed E-state index contributed by atoms with van der Waals surface area (Å²) in [6.45, 7) is 1.86. The molecule has 2 aromatic carbocycles. The van der Waals surface area contributed by atoms with Crippen LogP contribution in [0.5, 0.6) is 0 Å². The smallest absolute Gasteiger partial charge is 0.337 e. The zero-order valence-electron chi connectivity index (χ0n) is 15.0. The van der Waals surface area contributed by atoms with Crippen LogP contribution in [0.15, 0.2) is 42.5 Å². The number of benzene rings is 2. The first-order valence-electron chi connectivity index (χ1n) is 8.73. The zero-order chi connectivity index (χ0) is 18.7. The number of ether oxygens (including phenoxy) is 1. The highest BCUT2D eigenvalue weighted by molar-refractivity contribution is 6.01. The van der Waals surface area contributed by atoms with Gasteiger partial charge >= 0.3 is 5.97 Å². The molecule has 1 aliphatic rings. The van der Waals surface area contributed by atoms with Gasteiger partial charge in [-0.3, -0.25) is 4.79 Å². The van der Waals surface area contributed by atoms with Crippen molar-refractivity contribution < 1.29 is 18.7 Å². The van der Waals surface area contributed by atoms with E-state index in [0.29, 0.717) is 29.7 Å². The normalized spacial score (nSPS) is 15.5. The van der Waals surface area contributed by atoms with Gasteiger partial charge in [0, 0.05) is 5.69 Å². The molecule has 1 fully saturated rings. The number of halogens is 1. The molecule has 136 valence electrons. The maximum Gasteiger partial charge on any atom is 0.337 e. The number of hydrogen-bond donors (Lipinski definition) is 1. The summed E-state index contributed by atoms with van der Waals surface area (Å²) >= 11 is 0. The molecule has 0 heterocycles. The molecule has 1 saturated carbocycles. The molecule has 0 aliphatic heterocycles. The molecule has 5 heteroatoms. The quantitative estimate of drug-likeness (QED) is 0.829. The van der Waals surface area contributed by atoms with Crippen LogP contribution >= 0.6 is 0 Å². The average Bonchev–Trinajstić information content (AvgIpc) is 3.14. The Kier molecular flexibility index (Phi) is 5.07. The largest absolute Gasteiger partial charge is 0.465 e. The summed E-state index contributed by atoms with van der Waals surface area (Å²) in [5.74, 6) is -0.961. The van der Waals surface area contributed by atoms with E-state index in [-0.39, 0.29) is 11.7 Å². The van der Waals surface area contributed by atoms with Crippen LogP contribution in [0.4, 0.5) is 10.1 Å². The molecule has 0 unspecified atom stereocenters. The number of esters is 1. The van der Waals surface area contributed by atoms with Crippen LogP contribution < -0.4 is 5.32 Å². The van der Waals surface area contributed by atoms with Crippen LogP contribution in [-0.4, -0.2) is 19.0 Å². The Hall–Kier alpha value is -2.69. The van der Waals surface area contributed by atoms with E-state index >= 15 is 0 Å². The fourth-order valence-corrected chi connectivity index (χ4v) is 3.65. The van der Waals surface area contributed by atoms with Crippen LogP contribution in [0, 0.1) is 12.7 Å². The number of hydrogen-bond acceptors (Lipinski definition) is 3. The average molecular weight is 355 g/mol. The Morgan fingerprint density at radius 1 is 1.12 bits per heavy atom. The molecule has 1 N–H and O–H groups in total. The second kappa shape index (κ2) is 7.28. The fourth-order valence-electron chi connectivity index (χ4n) is 3.65. The van der Waals surface area contributed by atoms with Gasteiger partial charge in [-0.05, 0) is 55.2 Å². The number of methoxy groups -OCH3 is 1. The molecule has 2 aromatic rings. The van der Waals surface area contributed by atoms with Gasteiger partial charge in [0.15, 0.2) is 0 Å². The van der Waals surface area contributed by atoms with Crippen LogP contribution in [0.1, 0.15) is 47.2 Å². The number of aryl methyl sites for hydroxylation is 1. The van der Waals surface area contributed by atoms with Crippen LogP contribution in [0.2, 0.25) is 0 Å². The Balaban J connectivity index is 1.94. The molecule has 1 aliphatic carbocycles. The van der Waals surface area contributed by atoms with Crippen molar-refractivity contribution in [3.8, 4) is 0 Å². The first kappa shape index (κ1) is 18.1. The van der Waals surface area contributed by atoms with Crippen molar-refractivity contribution in [2.24, 2.45) is 0 Å². The summed E-state index contributed by atoms with van der Waals surface area (Å²) in [7, 11) is 1.32. The lowest BCUT2D eigenvalue weighted by Gasteiger charge is -2.29. The van der Waals surface area contributed by atoms with Gasteiger partial charge in [0.1, 0.15) is 5.82 Å². The summed E-state index contributed by atoms with van der Waals surface area (Å²) in [5, 5.41) is 2.96. The number of nitrogens with one attached hydrogen (secondary N) is 1. The molecule has 26 heavy (non-hydrogen) atoms. The maximum atomic E-state index is 13.7. The molecule has 3 rings (SSSR count). The summed E-state index contributed by atoms with van der Waals surface area (Å²) in [5.41, 5.74) is 1.75. The molecule has 0 atom stereocenters. The van der Waals surface area contributed by atoms with Gasteiger partial charge in [-0.15, -0.1) is 0 Å². The van der Waals surface area contributed by atoms with Gasteiger partial charge < -0.3 is 10.1 Å². The first-order valence-corrected chi connectivity index (χ1v) is 8.73. The maximum absolute atomic E-state index is 13.7. The van der Waals surface area contributed by atoms with Gasteiger partial charge in [0.05, 0.1) is 18.1 Å². The van der Waals surface area contributed by atoms with E-state index < -0.39 is 11.4 Å². The van der Waals surface area contributed by atoms with Crippen molar-refractivity contribution in [3.05, 3.63) is 65.0 Å². The Labute approximate surface area is 152 Å². The minimum atomic E-state index is -0.740. The van der Waals surface area contributed by atoms with Crippen LogP contribution in [0.3, 0.4) is 0 Å².